The van der Waals surface area contributed by atoms with E-state index in [0.717, 1.165) is 0 Å². The molecular formula is C24H44O3Si. The van der Waals surface area contributed by atoms with Gasteiger partial charge in [-0.05, 0) is 51.4 Å². The molecule has 0 aliphatic heterocycles. The first-order valence-electron chi connectivity index (χ1n) is 12.9. The second-order valence-corrected chi connectivity index (χ2v) is 12.8. The molecule has 162 valence electrons. The number of hydrogen-bond acceptors (Lipinski definition) is 3. The Morgan fingerprint density at radius 2 is 0.643 bits per heavy atom. The van der Waals surface area contributed by atoms with Crippen molar-refractivity contribution in [2.24, 2.45) is 0 Å². The first kappa shape index (κ1) is 21.3. The van der Waals surface area contributed by atoms with Gasteiger partial charge < -0.3 is 13.3 Å². The Bertz CT molecular complexity index is 383. The topological polar surface area (TPSA) is 27.7 Å². The van der Waals surface area contributed by atoms with E-state index in [1.165, 1.54) is 128 Å². The Morgan fingerprint density at radius 1 is 0.357 bits per heavy atom. The summed E-state index contributed by atoms with van der Waals surface area (Å²) in [6, 6.07) is 0. The predicted molar refractivity (Wildman–Crippen MR) is 116 cm³/mol. The van der Waals surface area contributed by atoms with Crippen molar-refractivity contribution in [3.05, 3.63) is 0 Å². The van der Waals surface area contributed by atoms with E-state index in [1.54, 1.807) is 0 Å². The van der Waals surface area contributed by atoms with Gasteiger partial charge in [0.05, 0.1) is 0 Å². The number of hydrogen-bond donors (Lipinski definition) is 0. The van der Waals surface area contributed by atoms with Crippen LogP contribution in [0.1, 0.15) is 128 Å². The van der Waals surface area contributed by atoms with Crippen LogP contribution in [0.25, 0.3) is 0 Å². The van der Waals surface area contributed by atoms with Crippen LogP contribution in [0.3, 0.4) is 0 Å². The van der Waals surface area contributed by atoms with Crippen molar-refractivity contribution < 1.29 is 13.3 Å². The second-order valence-electron chi connectivity index (χ2n) is 10.1. The van der Waals surface area contributed by atoms with Crippen LogP contribution in [0.4, 0.5) is 0 Å². The summed E-state index contributed by atoms with van der Waals surface area (Å²) in [7, 11) is -2.66. The van der Waals surface area contributed by atoms with Gasteiger partial charge >= 0.3 is 8.80 Å². The molecule has 0 unspecified atom stereocenters. The van der Waals surface area contributed by atoms with Crippen LogP contribution in [0.5, 0.6) is 0 Å². The van der Waals surface area contributed by atoms with Crippen LogP contribution in [0.15, 0.2) is 0 Å². The molecule has 4 rings (SSSR count). The van der Waals surface area contributed by atoms with Crippen LogP contribution in [0, 0.1) is 0 Å². The van der Waals surface area contributed by atoms with Gasteiger partial charge in [0.25, 0.3) is 0 Å². The second kappa shape index (κ2) is 10.9. The van der Waals surface area contributed by atoms with E-state index in [0.29, 0.717) is 23.9 Å². The highest BCUT2D eigenvalue weighted by molar-refractivity contribution is 6.62. The smallest absolute Gasteiger partial charge is 0.370 e. The third-order valence-corrected chi connectivity index (χ3v) is 11.3. The lowest BCUT2D eigenvalue weighted by molar-refractivity contribution is -0.0496. The van der Waals surface area contributed by atoms with Gasteiger partial charge in [-0.1, -0.05) is 77.0 Å². The van der Waals surface area contributed by atoms with Gasteiger partial charge in [-0.25, -0.2) is 0 Å². The normalized spacial score (nSPS) is 27.9. The highest BCUT2D eigenvalue weighted by atomic mass is 28.4. The summed E-state index contributed by atoms with van der Waals surface area (Å²) in [5, 5.41) is 0. The molecule has 0 amide bonds. The molecule has 4 aliphatic rings. The first-order chi connectivity index (χ1) is 13.8. The molecule has 4 saturated carbocycles. The molecule has 4 aliphatic carbocycles. The van der Waals surface area contributed by atoms with Crippen LogP contribution >= 0.6 is 0 Å². The van der Waals surface area contributed by atoms with Crippen molar-refractivity contribution in [2.45, 2.75) is 152 Å². The highest BCUT2D eigenvalue weighted by Gasteiger charge is 2.54. The average Bonchev–Trinajstić information content (AvgIpc) is 2.76. The molecule has 4 fully saturated rings. The first-order valence-corrected chi connectivity index (χ1v) is 14.7. The van der Waals surface area contributed by atoms with Gasteiger partial charge in [0, 0.05) is 23.9 Å². The molecule has 0 spiro atoms. The largest absolute Gasteiger partial charge is 0.504 e. The summed E-state index contributed by atoms with van der Waals surface area (Å²) in [6.07, 6.45) is 27.3. The molecule has 0 N–H and O–H groups in total. The average molecular weight is 409 g/mol. The van der Waals surface area contributed by atoms with Crippen molar-refractivity contribution in [2.75, 3.05) is 0 Å². The van der Waals surface area contributed by atoms with Crippen LogP contribution < -0.4 is 0 Å². The van der Waals surface area contributed by atoms with E-state index in [1.807, 2.05) is 0 Å². The zero-order chi connectivity index (χ0) is 19.1. The maximum absolute atomic E-state index is 7.12. The molecule has 0 aromatic heterocycles. The highest BCUT2D eigenvalue weighted by Crippen LogP contribution is 2.44. The van der Waals surface area contributed by atoms with Gasteiger partial charge in [-0.15, -0.1) is 0 Å². The lowest BCUT2D eigenvalue weighted by atomic mass is 9.98. The fourth-order valence-corrected chi connectivity index (χ4v) is 10.0. The summed E-state index contributed by atoms with van der Waals surface area (Å²) in [5.41, 5.74) is 0.562. The van der Waals surface area contributed by atoms with Crippen LogP contribution in [-0.2, 0) is 13.3 Å². The fourth-order valence-electron chi connectivity index (χ4n) is 6.07. The minimum Gasteiger partial charge on any atom is -0.370 e. The molecule has 0 heterocycles. The van der Waals surface area contributed by atoms with Gasteiger partial charge in [0.2, 0.25) is 0 Å². The molecular weight excluding hydrogens is 364 g/mol. The summed E-state index contributed by atoms with van der Waals surface area (Å²) >= 11 is 0. The summed E-state index contributed by atoms with van der Waals surface area (Å²) < 4.78 is 21.4. The molecule has 0 atom stereocenters. The summed E-state index contributed by atoms with van der Waals surface area (Å²) in [5.74, 6) is 0. The van der Waals surface area contributed by atoms with Crippen molar-refractivity contribution in [1.82, 2.24) is 0 Å². The molecule has 3 nitrogen and oxygen atoms in total. The van der Waals surface area contributed by atoms with Gasteiger partial charge in [-0.3, -0.25) is 0 Å². The van der Waals surface area contributed by atoms with Gasteiger partial charge in [0.15, 0.2) is 0 Å². The third kappa shape index (κ3) is 5.83. The minimum absolute atomic E-state index is 0.398. The van der Waals surface area contributed by atoms with E-state index < -0.39 is 8.80 Å². The van der Waals surface area contributed by atoms with E-state index in [-0.39, 0.29) is 0 Å². The Balaban J connectivity index is 1.55. The standard InChI is InChI=1S/C24H44O3Si/c1-5-13-21(14-6-1)25-28(24-19-11-4-12-20-24,26-22-15-7-2-8-16-22)27-23-17-9-3-10-18-23/h21-24H,1-20H2. The third-order valence-electron chi connectivity index (χ3n) is 7.75. The Kier molecular flexibility index (Phi) is 8.32. The fraction of sp³-hybridized carbons (Fsp3) is 1.00. The van der Waals surface area contributed by atoms with E-state index >= 15 is 0 Å². The quantitative estimate of drug-likeness (QED) is 0.413. The lowest BCUT2D eigenvalue weighted by Crippen LogP contribution is -2.57. The minimum atomic E-state index is -2.66. The van der Waals surface area contributed by atoms with Crippen LogP contribution in [0.2, 0.25) is 5.54 Å². The monoisotopic (exact) mass is 408 g/mol. The van der Waals surface area contributed by atoms with Crippen molar-refractivity contribution >= 4 is 8.80 Å². The lowest BCUT2D eigenvalue weighted by Gasteiger charge is -2.45. The molecule has 0 bridgehead atoms. The zero-order valence-electron chi connectivity index (χ0n) is 18.2. The maximum atomic E-state index is 7.12. The van der Waals surface area contributed by atoms with Crippen molar-refractivity contribution in [1.29, 1.82) is 0 Å². The van der Waals surface area contributed by atoms with E-state index in [4.69, 9.17) is 13.3 Å². The number of rotatable bonds is 7. The van der Waals surface area contributed by atoms with Gasteiger partial charge in [0.1, 0.15) is 0 Å². The Labute approximate surface area is 174 Å². The van der Waals surface area contributed by atoms with Crippen molar-refractivity contribution in [3.63, 3.8) is 0 Å². The predicted octanol–water partition coefficient (Wildman–Crippen LogP) is 7.31. The molecule has 4 heteroatoms. The molecule has 28 heavy (non-hydrogen) atoms. The van der Waals surface area contributed by atoms with E-state index in [2.05, 4.69) is 0 Å². The van der Waals surface area contributed by atoms with E-state index in [9.17, 15) is 0 Å². The van der Waals surface area contributed by atoms with Gasteiger partial charge in [-0.2, -0.15) is 0 Å². The Hall–Kier alpha value is 0.0969. The van der Waals surface area contributed by atoms with Crippen molar-refractivity contribution in [3.8, 4) is 0 Å². The molecule has 0 radical (unpaired) electrons. The molecule has 0 aromatic rings. The summed E-state index contributed by atoms with van der Waals surface area (Å²) in [6.45, 7) is 0. The van der Waals surface area contributed by atoms with Crippen LogP contribution in [-0.4, -0.2) is 27.1 Å². The zero-order valence-corrected chi connectivity index (χ0v) is 19.2. The maximum Gasteiger partial charge on any atom is 0.504 e. The molecule has 0 saturated heterocycles. The Morgan fingerprint density at radius 3 is 0.964 bits per heavy atom. The molecule has 0 aromatic carbocycles. The SMILES string of the molecule is C1CCC(O[Si](OC2CCCCC2)(OC2CCCCC2)C2CCCCC2)CC1. The summed E-state index contributed by atoms with van der Waals surface area (Å²) in [4.78, 5) is 0.